The van der Waals surface area contributed by atoms with E-state index in [4.69, 9.17) is 15.2 Å². The van der Waals surface area contributed by atoms with Gasteiger partial charge in [-0.3, -0.25) is 0 Å². The molecule has 0 amide bonds. The Labute approximate surface area is 199 Å². The summed E-state index contributed by atoms with van der Waals surface area (Å²) >= 11 is 0. The lowest BCUT2D eigenvalue weighted by molar-refractivity contribution is 0.0761. The molecule has 0 aliphatic carbocycles. The van der Waals surface area contributed by atoms with Gasteiger partial charge in [-0.05, 0) is 24.6 Å². The van der Waals surface area contributed by atoms with Crippen LogP contribution < -0.4 is 16.2 Å². The SMILES string of the molecule is COc1cc(-c2c(-c3ccccc3)nc(N)n3c(=O)n(COCC[Si](C)(C)C)nc23)cc(C)n1. The van der Waals surface area contributed by atoms with E-state index in [1.165, 1.54) is 9.08 Å². The minimum absolute atomic E-state index is 0.0449. The van der Waals surface area contributed by atoms with Crippen LogP contribution in [0.5, 0.6) is 5.88 Å². The number of rotatable bonds is 8. The van der Waals surface area contributed by atoms with Gasteiger partial charge in [-0.15, -0.1) is 5.10 Å². The highest BCUT2D eigenvalue weighted by atomic mass is 28.3. The summed E-state index contributed by atoms with van der Waals surface area (Å²) in [5, 5.41) is 4.63. The third kappa shape index (κ3) is 4.87. The summed E-state index contributed by atoms with van der Waals surface area (Å²) in [5.74, 6) is 0.522. The zero-order valence-electron chi connectivity index (χ0n) is 20.2. The molecule has 0 fully saturated rings. The Morgan fingerprint density at radius 2 is 1.79 bits per heavy atom. The lowest BCUT2D eigenvalue weighted by Crippen LogP contribution is -2.26. The van der Waals surface area contributed by atoms with E-state index in [1.807, 2.05) is 43.3 Å². The van der Waals surface area contributed by atoms with Crippen molar-refractivity contribution in [2.75, 3.05) is 19.5 Å². The molecule has 0 atom stereocenters. The van der Waals surface area contributed by atoms with Crippen molar-refractivity contribution in [2.45, 2.75) is 39.3 Å². The molecule has 0 spiro atoms. The fraction of sp³-hybridized carbons (Fsp3) is 0.333. The molecule has 0 saturated carbocycles. The second-order valence-electron chi connectivity index (χ2n) is 9.39. The predicted octanol–water partition coefficient (Wildman–Crippen LogP) is 3.83. The molecule has 0 aliphatic rings. The first-order valence-electron chi connectivity index (χ1n) is 11.1. The fourth-order valence-electron chi connectivity index (χ4n) is 3.67. The summed E-state index contributed by atoms with van der Waals surface area (Å²) in [4.78, 5) is 22.2. The number of fused-ring (bicyclic) bond motifs is 1. The number of benzene rings is 1. The maximum atomic E-state index is 13.2. The lowest BCUT2D eigenvalue weighted by atomic mass is 10.00. The van der Waals surface area contributed by atoms with Crippen molar-refractivity contribution >= 4 is 19.7 Å². The van der Waals surface area contributed by atoms with Gasteiger partial charge in [0, 0.05) is 32.0 Å². The average Bonchev–Trinajstić information content (AvgIpc) is 3.12. The largest absolute Gasteiger partial charge is 0.481 e. The zero-order chi connectivity index (χ0) is 24.5. The van der Waals surface area contributed by atoms with Crippen molar-refractivity contribution < 1.29 is 9.47 Å². The monoisotopic (exact) mass is 478 g/mol. The van der Waals surface area contributed by atoms with Crippen LogP contribution in [0.4, 0.5) is 5.95 Å². The number of nitrogens with two attached hydrogens (primary N) is 1. The highest BCUT2D eigenvalue weighted by Gasteiger charge is 2.22. The molecule has 4 rings (SSSR count). The molecule has 2 N–H and O–H groups in total. The molecule has 4 aromatic rings. The Bertz CT molecular complexity index is 1380. The first kappa shape index (κ1) is 23.6. The Morgan fingerprint density at radius 1 is 1.06 bits per heavy atom. The summed E-state index contributed by atoms with van der Waals surface area (Å²) < 4.78 is 13.8. The van der Waals surface area contributed by atoms with E-state index in [1.54, 1.807) is 13.2 Å². The van der Waals surface area contributed by atoms with Crippen LogP contribution >= 0.6 is 0 Å². The number of ether oxygens (including phenoxy) is 2. The van der Waals surface area contributed by atoms with Gasteiger partial charge in [-0.1, -0.05) is 50.0 Å². The number of hydrogen-bond acceptors (Lipinski definition) is 7. The van der Waals surface area contributed by atoms with Crippen LogP contribution in [0.3, 0.4) is 0 Å². The van der Waals surface area contributed by atoms with Crippen LogP contribution in [0, 0.1) is 6.92 Å². The number of aromatic nitrogens is 5. The van der Waals surface area contributed by atoms with Crippen LogP contribution in [0.1, 0.15) is 5.69 Å². The molecular weight excluding hydrogens is 448 g/mol. The normalized spacial score (nSPS) is 11.8. The van der Waals surface area contributed by atoms with Crippen LogP contribution in [0.25, 0.3) is 28.0 Å². The third-order valence-electron chi connectivity index (χ3n) is 5.44. The van der Waals surface area contributed by atoms with Gasteiger partial charge >= 0.3 is 5.69 Å². The Balaban J connectivity index is 1.90. The first-order chi connectivity index (χ1) is 16.2. The topological polar surface area (TPSA) is 110 Å². The van der Waals surface area contributed by atoms with E-state index >= 15 is 0 Å². The first-order valence-corrected chi connectivity index (χ1v) is 14.8. The van der Waals surface area contributed by atoms with Gasteiger partial charge in [0.1, 0.15) is 6.73 Å². The van der Waals surface area contributed by atoms with Crippen molar-refractivity contribution in [1.29, 1.82) is 0 Å². The van der Waals surface area contributed by atoms with Crippen molar-refractivity contribution in [3.8, 4) is 28.3 Å². The van der Waals surface area contributed by atoms with Crippen molar-refractivity contribution in [3.05, 3.63) is 58.6 Å². The molecule has 0 bridgehead atoms. The molecule has 178 valence electrons. The quantitative estimate of drug-likeness (QED) is 0.303. The number of nitrogen functional groups attached to an aromatic ring is 1. The van der Waals surface area contributed by atoms with E-state index in [-0.39, 0.29) is 12.7 Å². The molecular formula is C24H30N6O3Si. The van der Waals surface area contributed by atoms with Gasteiger partial charge in [0.25, 0.3) is 0 Å². The van der Waals surface area contributed by atoms with E-state index in [0.717, 1.165) is 22.9 Å². The minimum Gasteiger partial charge on any atom is -0.481 e. The second-order valence-corrected chi connectivity index (χ2v) is 15.0. The highest BCUT2D eigenvalue weighted by Crippen LogP contribution is 2.35. The smallest absolute Gasteiger partial charge is 0.355 e. The van der Waals surface area contributed by atoms with E-state index < -0.39 is 13.8 Å². The fourth-order valence-corrected chi connectivity index (χ4v) is 4.43. The van der Waals surface area contributed by atoms with Crippen LogP contribution in [-0.2, 0) is 11.5 Å². The molecule has 0 aliphatic heterocycles. The zero-order valence-corrected chi connectivity index (χ0v) is 21.2. The van der Waals surface area contributed by atoms with E-state index in [0.29, 0.717) is 29.4 Å². The molecule has 34 heavy (non-hydrogen) atoms. The number of pyridine rings is 1. The molecule has 0 unspecified atom stereocenters. The Morgan fingerprint density at radius 3 is 2.47 bits per heavy atom. The van der Waals surface area contributed by atoms with Gasteiger partial charge < -0.3 is 15.2 Å². The van der Waals surface area contributed by atoms with Gasteiger partial charge in [-0.25, -0.2) is 19.2 Å². The van der Waals surface area contributed by atoms with Crippen LogP contribution in [0.2, 0.25) is 25.7 Å². The van der Waals surface area contributed by atoms with Gasteiger partial charge in [-0.2, -0.15) is 4.68 Å². The third-order valence-corrected chi connectivity index (χ3v) is 7.14. The standard InChI is InChI=1S/C24H30N6O3Si/c1-16-13-18(14-19(26-16)32-2)20-21(17-9-7-6-8-10-17)27-23(25)30-22(20)28-29(24(30)31)15-33-11-12-34(3,4)5/h6-10,13-14H,11-12,15H2,1-5H3,(H2,25,27). The number of hydrogen-bond donors (Lipinski definition) is 1. The van der Waals surface area contributed by atoms with Gasteiger partial charge in [0.05, 0.1) is 18.4 Å². The maximum absolute atomic E-state index is 13.2. The summed E-state index contributed by atoms with van der Waals surface area (Å²) in [6, 6.07) is 14.4. The molecule has 3 aromatic heterocycles. The number of nitrogens with zero attached hydrogens (tertiary/aromatic N) is 5. The second kappa shape index (κ2) is 9.39. The predicted molar refractivity (Wildman–Crippen MR) is 136 cm³/mol. The van der Waals surface area contributed by atoms with E-state index in [9.17, 15) is 4.79 Å². The average molecular weight is 479 g/mol. The molecule has 9 nitrogen and oxygen atoms in total. The number of aryl methyl sites for hydroxylation is 1. The number of methoxy groups -OCH3 is 1. The number of anilines is 1. The maximum Gasteiger partial charge on any atom is 0.355 e. The summed E-state index contributed by atoms with van der Waals surface area (Å²) in [6.07, 6.45) is 0. The van der Waals surface area contributed by atoms with Crippen molar-refractivity contribution in [2.24, 2.45) is 0 Å². The molecule has 0 radical (unpaired) electrons. The van der Waals surface area contributed by atoms with Crippen LogP contribution in [0.15, 0.2) is 47.3 Å². The Kier molecular flexibility index (Phi) is 6.53. The Hall–Kier alpha value is -3.50. The van der Waals surface area contributed by atoms with Gasteiger partial charge in [0.15, 0.2) is 5.65 Å². The van der Waals surface area contributed by atoms with Crippen LogP contribution in [-0.4, -0.2) is 45.9 Å². The summed E-state index contributed by atoms with van der Waals surface area (Å²) in [6.45, 7) is 9.34. The van der Waals surface area contributed by atoms with Crippen molar-refractivity contribution in [3.63, 3.8) is 0 Å². The van der Waals surface area contributed by atoms with E-state index in [2.05, 4.69) is 34.7 Å². The molecule has 0 saturated heterocycles. The van der Waals surface area contributed by atoms with Gasteiger partial charge in [0.2, 0.25) is 11.8 Å². The highest BCUT2D eigenvalue weighted by molar-refractivity contribution is 6.76. The lowest BCUT2D eigenvalue weighted by Gasteiger charge is -2.14. The molecule has 3 heterocycles. The molecule has 10 heteroatoms. The minimum atomic E-state index is -1.25. The summed E-state index contributed by atoms with van der Waals surface area (Å²) in [7, 11) is 0.319. The summed E-state index contributed by atoms with van der Waals surface area (Å²) in [5.41, 5.74) is 9.97. The molecule has 1 aromatic carbocycles. The van der Waals surface area contributed by atoms with Crippen molar-refractivity contribution in [1.82, 2.24) is 24.1 Å².